The van der Waals surface area contributed by atoms with Crippen LogP contribution in [-0.4, -0.2) is 29.6 Å². The molecule has 2 N–H and O–H groups in total. The Hall–Kier alpha value is -1.88. The molecule has 1 aromatic carbocycles. The average molecular weight is 321 g/mol. The molecule has 0 bridgehead atoms. The molecular formula is C18H27NO4. The lowest BCUT2D eigenvalue weighted by molar-refractivity contribution is -0.144. The minimum Gasteiger partial charge on any atom is -0.480 e. The van der Waals surface area contributed by atoms with E-state index in [1.807, 2.05) is 37.3 Å². The van der Waals surface area contributed by atoms with E-state index in [9.17, 15) is 14.7 Å². The molecule has 0 aliphatic carbocycles. The predicted molar refractivity (Wildman–Crippen MR) is 89.0 cm³/mol. The lowest BCUT2D eigenvalue weighted by Crippen LogP contribution is -2.48. The van der Waals surface area contributed by atoms with Crippen molar-refractivity contribution in [1.29, 1.82) is 0 Å². The number of carboxylic acid groups (broad SMARTS) is 1. The van der Waals surface area contributed by atoms with E-state index in [0.29, 0.717) is 13.0 Å². The van der Waals surface area contributed by atoms with Gasteiger partial charge in [0, 0.05) is 0 Å². The molecule has 0 saturated heterocycles. The first-order valence-corrected chi connectivity index (χ1v) is 8.02. The van der Waals surface area contributed by atoms with E-state index in [1.165, 1.54) is 0 Å². The van der Waals surface area contributed by atoms with Crippen LogP contribution in [0.2, 0.25) is 0 Å². The van der Waals surface area contributed by atoms with Crippen LogP contribution in [-0.2, 0) is 20.9 Å². The smallest absolute Gasteiger partial charge is 0.326 e. The van der Waals surface area contributed by atoms with Crippen LogP contribution in [0.5, 0.6) is 0 Å². The van der Waals surface area contributed by atoms with Gasteiger partial charge in [-0.25, -0.2) is 4.79 Å². The van der Waals surface area contributed by atoms with Gasteiger partial charge in [-0.15, -0.1) is 0 Å². The zero-order valence-electron chi connectivity index (χ0n) is 14.2. The van der Waals surface area contributed by atoms with Crippen molar-refractivity contribution >= 4 is 11.9 Å². The topological polar surface area (TPSA) is 75.6 Å². The number of unbranched alkanes of at least 4 members (excludes halogenated alkanes) is 1. The maximum Gasteiger partial charge on any atom is 0.326 e. The monoisotopic (exact) mass is 321 g/mol. The third kappa shape index (κ3) is 6.82. The third-order valence-corrected chi connectivity index (χ3v) is 3.64. The molecule has 0 fully saturated rings. The number of benzene rings is 1. The second kappa shape index (κ2) is 9.30. The minimum atomic E-state index is -0.993. The van der Waals surface area contributed by atoms with Crippen LogP contribution in [0.4, 0.5) is 0 Å². The zero-order chi connectivity index (χ0) is 17.3. The van der Waals surface area contributed by atoms with Gasteiger partial charge in [-0.1, -0.05) is 50.1 Å². The van der Waals surface area contributed by atoms with Crippen LogP contribution in [0.1, 0.15) is 45.6 Å². The van der Waals surface area contributed by atoms with E-state index in [2.05, 4.69) is 5.32 Å². The number of amides is 1. The number of rotatable bonds is 10. The largest absolute Gasteiger partial charge is 0.480 e. The molecule has 0 aliphatic heterocycles. The Labute approximate surface area is 138 Å². The quantitative estimate of drug-likeness (QED) is 0.694. The highest BCUT2D eigenvalue weighted by Crippen LogP contribution is 2.18. The Bertz CT molecular complexity index is 499. The SMILES string of the molecule is CCCCC(NC(=O)C(C)(C)COCc1ccccc1)C(=O)O. The number of carboxylic acids is 1. The van der Waals surface area contributed by atoms with Crippen molar-refractivity contribution in [3.8, 4) is 0 Å². The maximum atomic E-state index is 12.3. The molecule has 0 radical (unpaired) electrons. The summed E-state index contributed by atoms with van der Waals surface area (Å²) in [4.78, 5) is 23.6. The molecule has 128 valence electrons. The van der Waals surface area contributed by atoms with Gasteiger partial charge in [-0.3, -0.25) is 4.79 Å². The van der Waals surface area contributed by atoms with Crippen LogP contribution >= 0.6 is 0 Å². The summed E-state index contributed by atoms with van der Waals surface area (Å²) in [5.74, 6) is -1.29. The number of ether oxygens (including phenoxy) is 1. The van der Waals surface area contributed by atoms with E-state index in [4.69, 9.17) is 4.74 Å². The van der Waals surface area contributed by atoms with Crippen LogP contribution in [0.15, 0.2) is 30.3 Å². The number of hydrogen-bond donors (Lipinski definition) is 2. The van der Waals surface area contributed by atoms with E-state index >= 15 is 0 Å². The number of carbonyl (C=O) groups is 2. The molecular weight excluding hydrogens is 294 g/mol. The van der Waals surface area contributed by atoms with Gasteiger partial charge in [0.2, 0.25) is 5.91 Å². The Morgan fingerprint density at radius 2 is 1.91 bits per heavy atom. The van der Waals surface area contributed by atoms with Crippen LogP contribution < -0.4 is 5.32 Å². The summed E-state index contributed by atoms with van der Waals surface area (Å²) in [7, 11) is 0. The highest BCUT2D eigenvalue weighted by atomic mass is 16.5. The number of carbonyl (C=O) groups excluding carboxylic acids is 1. The second-order valence-electron chi connectivity index (χ2n) is 6.37. The van der Waals surface area contributed by atoms with Crippen molar-refractivity contribution in [3.63, 3.8) is 0 Å². The van der Waals surface area contributed by atoms with Crippen molar-refractivity contribution in [2.24, 2.45) is 5.41 Å². The molecule has 1 amide bonds. The number of aliphatic carboxylic acids is 1. The van der Waals surface area contributed by atoms with Gasteiger partial charge in [0.05, 0.1) is 18.6 Å². The van der Waals surface area contributed by atoms with E-state index in [0.717, 1.165) is 18.4 Å². The van der Waals surface area contributed by atoms with Crippen LogP contribution in [0.3, 0.4) is 0 Å². The van der Waals surface area contributed by atoms with Crippen molar-refractivity contribution in [2.45, 2.75) is 52.7 Å². The summed E-state index contributed by atoms with van der Waals surface area (Å²) in [6, 6.07) is 8.87. The van der Waals surface area contributed by atoms with E-state index < -0.39 is 17.4 Å². The first-order chi connectivity index (χ1) is 10.9. The molecule has 1 aromatic rings. The van der Waals surface area contributed by atoms with Gasteiger partial charge in [0.1, 0.15) is 6.04 Å². The molecule has 0 heterocycles. The van der Waals surface area contributed by atoms with Gasteiger partial charge in [-0.05, 0) is 25.8 Å². The first-order valence-electron chi connectivity index (χ1n) is 8.02. The van der Waals surface area contributed by atoms with Gasteiger partial charge < -0.3 is 15.2 Å². The molecule has 0 aliphatic rings. The summed E-state index contributed by atoms with van der Waals surface area (Å²) in [6.07, 6.45) is 2.10. The molecule has 0 saturated carbocycles. The first kappa shape index (κ1) is 19.2. The van der Waals surface area contributed by atoms with Crippen LogP contribution in [0.25, 0.3) is 0 Å². The summed E-state index contributed by atoms with van der Waals surface area (Å²) in [5.41, 5.74) is 0.254. The summed E-state index contributed by atoms with van der Waals surface area (Å²) < 4.78 is 5.62. The van der Waals surface area contributed by atoms with Crippen molar-refractivity contribution < 1.29 is 19.4 Å². The molecule has 5 nitrogen and oxygen atoms in total. The second-order valence-corrected chi connectivity index (χ2v) is 6.37. The van der Waals surface area contributed by atoms with Gasteiger partial charge in [0.15, 0.2) is 0 Å². The van der Waals surface area contributed by atoms with Gasteiger partial charge in [-0.2, -0.15) is 0 Å². The Morgan fingerprint density at radius 1 is 1.26 bits per heavy atom. The fourth-order valence-electron chi connectivity index (χ4n) is 2.08. The highest BCUT2D eigenvalue weighted by molar-refractivity contribution is 5.87. The van der Waals surface area contributed by atoms with Gasteiger partial charge in [0.25, 0.3) is 0 Å². The Kier molecular flexibility index (Phi) is 7.75. The summed E-state index contributed by atoms with van der Waals surface area (Å²) >= 11 is 0. The molecule has 0 spiro atoms. The zero-order valence-corrected chi connectivity index (χ0v) is 14.2. The molecule has 1 atom stereocenters. The summed E-state index contributed by atoms with van der Waals surface area (Å²) in [5, 5.41) is 11.8. The van der Waals surface area contributed by atoms with Gasteiger partial charge >= 0.3 is 5.97 Å². The molecule has 1 unspecified atom stereocenters. The molecule has 23 heavy (non-hydrogen) atoms. The molecule has 1 rings (SSSR count). The number of nitrogens with one attached hydrogen (secondary N) is 1. The Balaban J connectivity index is 2.49. The third-order valence-electron chi connectivity index (χ3n) is 3.64. The lowest BCUT2D eigenvalue weighted by atomic mass is 9.92. The molecule has 0 aromatic heterocycles. The minimum absolute atomic E-state index is 0.230. The standard InChI is InChI=1S/C18H27NO4/c1-4-5-11-15(16(20)21)19-17(22)18(2,3)13-23-12-14-9-7-6-8-10-14/h6-10,15H,4-5,11-13H2,1-3H3,(H,19,22)(H,20,21). The van der Waals surface area contributed by atoms with Crippen molar-refractivity contribution in [3.05, 3.63) is 35.9 Å². The van der Waals surface area contributed by atoms with E-state index in [-0.39, 0.29) is 12.5 Å². The molecule has 5 heteroatoms. The fraction of sp³-hybridized carbons (Fsp3) is 0.556. The highest BCUT2D eigenvalue weighted by Gasteiger charge is 2.31. The van der Waals surface area contributed by atoms with Crippen molar-refractivity contribution in [2.75, 3.05) is 6.61 Å². The predicted octanol–water partition coefficient (Wildman–Crippen LogP) is 2.99. The normalized spacial score (nSPS) is 12.7. The average Bonchev–Trinajstić information content (AvgIpc) is 2.51. The van der Waals surface area contributed by atoms with Crippen LogP contribution in [0, 0.1) is 5.41 Å². The fourth-order valence-corrected chi connectivity index (χ4v) is 2.08. The van der Waals surface area contributed by atoms with E-state index in [1.54, 1.807) is 13.8 Å². The maximum absolute atomic E-state index is 12.3. The van der Waals surface area contributed by atoms with Crippen molar-refractivity contribution in [1.82, 2.24) is 5.32 Å². The number of hydrogen-bond acceptors (Lipinski definition) is 3. The lowest BCUT2D eigenvalue weighted by Gasteiger charge is -2.25. The Morgan fingerprint density at radius 3 is 2.48 bits per heavy atom. The summed E-state index contributed by atoms with van der Waals surface area (Å²) in [6.45, 7) is 6.16.